The maximum atomic E-state index is 12.7. The molecule has 7 nitrogen and oxygen atoms in total. The highest BCUT2D eigenvalue weighted by molar-refractivity contribution is 6.04. The number of carbonyl (C=O) groups excluding carboxylic acids is 1. The number of hydrogen-bond donors (Lipinski definition) is 1. The van der Waals surface area contributed by atoms with Gasteiger partial charge in [-0.05, 0) is 31.2 Å². The molecule has 1 aromatic heterocycles. The van der Waals surface area contributed by atoms with Gasteiger partial charge in [-0.2, -0.15) is 4.98 Å². The lowest BCUT2D eigenvalue weighted by Crippen LogP contribution is -2.11. The van der Waals surface area contributed by atoms with Crippen LogP contribution in [0.1, 0.15) is 15.9 Å². The molecule has 0 aliphatic heterocycles. The molecule has 4 rings (SSSR count). The molecule has 0 saturated heterocycles. The number of benzene rings is 3. The summed E-state index contributed by atoms with van der Waals surface area (Å²) in [6, 6.07) is 21.6. The minimum atomic E-state index is -0.263. The molecule has 1 N–H and O–H groups in total. The summed E-state index contributed by atoms with van der Waals surface area (Å²) in [7, 11) is 3.11. The Morgan fingerprint density at radius 3 is 2.12 bits per heavy atom. The van der Waals surface area contributed by atoms with E-state index in [1.807, 2.05) is 31.2 Å². The Kier molecular flexibility index (Phi) is 6.50. The predicted molar refractivity (Wildman–Crippen MR) is 126 cm³/mol. The van der Waals surface area contributed by atoms with Crippen molar-refractivity contribution in [1.29, 1.82) is 0 Å². The Labute approximate surface area is 192 Å². The first kappa shape index (κ1) is 21.8. The largest absolute Gasteiger partial charge is 0.497 e. The molecule has 1 heterocycles. The van der Waals surface area contributed by atoms with Crippen LogP contribution in [-0.4, -0.2) is 30.1 Å². The number of nitrogens with one attached hydrogen (secondary N) is 1. The number of amides is 1. The lowest BCUT2D eigenvalue weighted by Gasteiger charge is -2.10. The van der Waals surface area contributed by atoms with Crippen molar-refractivity contribution >= 4 is 11.6 Å². The van der Waals surface area contributed by atoms with Crippen LogP contribution in [0.2, 0.25) is 0 Å². The van der Waals surface area contributed by atoms with E-state index in [1.54, 1.807) is 68.9 Å². The van der Waals surface area contributed by atoms with Crippen LogP contribution in [0.25, 0.3) is 11.4 Å². The van der Waals surface area contributed by atoms with Gasteiger partial charge in [0.1, 0.15) is 17.2 Å². The van der Waals surface area contributed by atoms with Crippen molar-refractivity contribution in [2.24, 2.45) is 0 Å². The fourth-order valence-corrected chi connectivity index (χ4v) is 3.12. The fourth-order valence-electron chi connectivity index (χ4n) is 3.12. The number of carbonyl (C=O) groups is 1. The average molecular weight is 441 g/mol. The van der Waals surface area contributed by atoms with Crippen molar-refractivity contribution in [2.45, 2.75) is 6.92 Å². The summed E-state index contributed by atoms with van der Waals surface area (Å²) >= 11 is 0. The van der Waals surface area contributed by atoms with Crippen molar-refractivity contribution < 1.29 is 19.0 Å². The highest BCUT2D eigenvalue weighted by Gasteiger charge is 2.10. The van der Waals surface area contributed by atoms with E-state index in [0.29, 0.717) is 40.2 Å². The minimum Gasteiger partial charge on any atom is -0.497 e. The molecule has 0 bridgehead atoms. The van der Waals surface area contributed by atoms with Gasteiger partial charge in [0.05, 0.1) is 14.2 Å². The number of aromatic nitrogens is 2. The van der Waals surface area contributed by atoms with Crippen molar-refractivity contribution in [1.82, 2.24) is 9.97 Å². The van der Waals surface area contributed by atoms with Gasteiger partial charge in [-0.3, -0.25) is 4.79 Å². The summed E-state index contributed by atoms with van der Waals surface area (Å²) in [5, 5.41) is 2.85. The van der Waals surface area contributed by atoms with Gasteiger partial charge >= 0.3 is 0 Å². The zero-order valence-electron chi connectivity index (χ0n) is 18.5. The van der Waals surface area contributed by atoms with Crippen LogP contribution in [-0.2, 0) is 0 Å². The molecule has 7 heteroatoms. The monoisotopic (exact) mass is 441 g/mol. The number of hydrogen-bond acceptors (Lipinski definition) is 6. The molecule has 0 saturated carbocycles. The molecule has 1 amide bonds. The first-order valence-electron chi connectivity index (χ1n) is 10.3. The molecule has 0 fully saturated rings. The smallest absolute Gasteiger partial charge is 0.255 e. The number of aryl methyl sites for hydroxylation is 1. The van der Waals surface area contributed by atoms with Crippen LogP contribution in [0.15, 0.2) is 79.0 Å². The van der Waals surface area contributed by atoms with Gasteiger partial charge in [-0.1, -0.05) is 29.8 Å². The molecule has 33 heavy (non-hydrogen) atoms. The zero-order chi connectivity index (χ0) is 23.2. The van der Waals surface area contributed by atoms with Crippen molar-refractivity contribution in [3.8, 4) is 34.5 Å². The zero-order valence-corrected chi connectivity index (χ0v) is 18.5. The van der Waals surface area contributed by atoms with Crippen LogP contribution < -0.4 is 19.5 Å². The average Bonchev–Trinajstić information content (AvgIpc) is 2.84. The summed E-state index contributed by atoms with van der Waals surface area (Å²) in [6.45, 7) is 2.03. The summed E-state index contributed by atoms with van der Waals surface area (Å²) in [5.41, 5.74) is 3.13. The number of methoxy groups -OCH3 is 2. The first-order chi connectivity index (χ1) is 16.0. The van der Waals surface area contributed by atoms with E-state index in [0.717, 1.165) is 5.56 Å². The third-order valence-corrected chi connectivity index (χ3v) is 4.89. The first-order valence-corrected chi connectivity index (χ1v) is 10.3. The van der Waals surface area contributed by atoms with Gasteiger partial charge in [0, 0.05) is 47.3 Å². The van der Waals surface area contributed by atoms with E-state index in [4.69, 9.17) is 14.2 Å². The molecule has 0 unspecified atom stereocenters. The molecule has 3 aromatic carbocycles. The molecule has 0 radical (unpaired) electrons. The van der Waals surface area contributed by atoms with Crippen LogP contribution in [0.3, 0.4) is 0 Å². The molecular weight excluding hydrogens is 418 g/mol. The molecule has 0 aliphatic carbocycles. The quantitative estimate of drug-likeness (QED) is 0.407. The minimum absolute atomic E-state index is 0.263. The molecule has 0 atom stereocenters. The molecular formula is C26H23N3O4. The van der Waals surface area contributed by atoms with Gasteiger partial charge in [0.25, 0.3) is 5.91 Å². The van der Waals surface area contributed by atoms with E-state index in [9.17, 15) is 4.79 Å². The molecule has 4 aromatic rings. The normalized spacial score (nSPS) is 10.4. The Morgan fingerprint density at radius 2 is 1.48 bits per heavy atom. The van der Waals surface area contributed by atoms with Gasteiger partial charge in [-0.15, -0.1) is 0 Å². The number of ether oxygens (including phenoxy) is 3. The summed E-state index contributed by atoms with van der Waals surface area (Å²) in [5.74, 6) is 2.47. The predicted octanol–water partition coefficient (Wildman–Crippen LogP) is 5.51. The highest BCUT2D eigenvalue weighted by atomic mass is 16.5. The molecule has 0 spiro atoms. The molecule has 166 valence electrons. The second-order valence-electron chi connectivity index (χ2n) is 7.27. The maximum absolute atomic E-state index is 12.7. The van der Waals surface area contributed by atoms with Gasteiger partial charge in [0.15, 0.2) is 5.82 Å². The van der Waals surface area contributed by atoms with Crippen molar-refractivity contribution in [3.05, 3.63) is 90.1 Å². The Balaban J connectivity index is 1.45. The highest BCUT2D eigenvalue weighted by Crippen LogP contribution is 2.27. The summed E-state index contributed by atoms with van der Waals surface area (Å²) in [6.07, 6.45) is 1.65. The second kappa shape index (κ2) is 9.82. The summed E-state index contributed by atoms with van der Waals surface area (Å²) in [4.78, 5) is 21.5. The number of rotatable bonds is 7. The number of nitrogens with zero attached hydrogens (tertiary/aromatic N) is 2. The van der Waals surface area contributed by atoms with Crippen LogP contribution in [0, 0.1) is 6.92 Å². The van der Waals surface area contributed by atoms with Crippen LogP contribution in [0.4, 0.5) is 5.69 Å². The van der Waals surface area contributed by atoms with E-state index < -0.39 is 0 Å². The molecule has 0 aliphatic rings. The van der Waals surface area contributed by atoms with Gasteiger partial charge in [-0.25, -0.2) is 4.98 Å². The Bertz CT molecular complexity index is 1230. The third-order valence-electron chi connectivity index (χ3n) is 4.89. The standard InChI is InChI=1S/C26H23N3O4/c1-17-4-6-18(7-5-17)25-27-13-12-24(29-25)33-21-10-8-19(9-11-21)26(30)28-20-14-22(31-2)16-23(15-20)32-3/h4-16H,1-3H3,(H,28,30). The number of anilines is 1. The second-order valence-corrected chi connectivity index (χ2v) is 7.27. The van der Waals surface area contributed by atoms with E-state index in [1.165, 1.54) is 5.56 Å². The van der Waals surface area contributed by atoms with E-state index in [2.05, 4.69) is 15.3 Å². The Morgan fingerprint density at radius 1 is 0.818 bits per heavy atom. The third kappa shape index (κ3) is 5.46. The van der Waals surface area contributed by atoms with Crippen LogP contribution >= 0.6 is 0 Å². The van der Waals surface area contributed by atoms with E-state index in [-0.39, 0.29) is 5.91 Å². The summed E-state index contributed by atoms with van der Waals surface area (Å²) < 4.78 is 16.3. The lowest BCUT2D eigenvalue weighted by molar-refractivity contribution is 0.102. The van der Waals surface area contributed by atoms with Crippen molar-refractivity contribution in [2.75, 3.05) is 19.5 Å². The van der Waals surface area contributed by atoms with Crippen LogP contribution in [0.5, 0.6) is 23.1 Å². The SMILES string of the molecule is COc1cc(NC(=O)c2ccc(Oc3ccnc(-c4ccc(C)cc4)n3)cc2)cc(OC)c1. The fraction of sp³-hybridized carbons (Fsp3) is 0.115. The Hall–Kier alpha value is -4.39. The van der Waals surface area contributed by atoms with E-state index >= 15 is 0 Å². The van der Waals surface area contributed by atoms with Gasteiger partial charge in [0.2, 0.25) is 5.88 Å². The maximum Gasteiger partial charge on any atom is 0.255 e. The topological polar surface area (TPSA) is 82.6 Å². The van der Waals surface area contributed by atoms with Gasteiger partial charge < -0.3 is 19.5 Å². The lowest BCUT2D eigenvalue weighted by atomic mass is 10.1. The van der Waals surface area contributed by atoms with Crippen molar-refractivity contribution in [3.63, 3.8) is 0 Å².